The maximum Gasteiger partial charge on any atom is 0.325 e. The van der Waals surface area contributed by atoms with Crippen LogP contribution in [-0.4, -0.2) is 65.9 Å². The first-order valence-electron chi connectivity index (χ1n) is 8.01. The Morgan fingerprint density at radius 3 is 2.22 bits per heavy atom. The molecule has 4 amide bonds. The molecule has 0 aliphatic carbocycles. The Labute approximate surface area is 142 Å². The van der Waals surface area contributed by atoms with Gasteiger partial charge in [-0.2, -0.15) is 0 Å². The summed E-state index contributed by atoms with van der Waals surface area (Å²) in [6, 6.07) is -0.473. The van der Waals surface area contributed by atoms with Gasteiger partial charge in [0, 0.05) is 13.1 Å². The van der Waals surface area contributed by atoms with Crippen LogP contribution in [-0.2, 0) is 9.59 Å². The maximum absolute atomic E-state index is 12.5. The average Bonchev–Trinajstić information content (AvgIpc) is 2.90. The van der Waals surface area contributed by atoms with Gasteiger partial charge in [0.05, 0.1) is 0 Å². The second-order valence-corrected chi connectivity index (χ2v) is 7.04. The van der Waals surface area contributed by atoms with Crippen molar-refractivity contribution in [2.75, 3.05) is 32.7 Å². The summed E-state index contributed by atoms with van der Waals surface area (Å²) in [6.07, 6.45) is 2.02. The largest absolute Gasteiger partial charge is 0.341 e. The number of nitrogens with zero attached hydrogens (tertiary/aromatic N) is 2. The highest BCUT2D eigenvalue weighted by atomic mass is 35.5. The Balaban J connectivity index is 0.00000192. The quantitative estimate of drug-likeness (QED) is 0.701. The number of amides is 4. The molecule has 3 heterocycles. The van der Waals surface area contributed by atoms with Crippen LogP contribution in [0.5, 0.6) is 0 Å². The number of hydrogen-bond acceptors (Lipinski definition) is 4. The fourth-order valence-electron chi connectivity index (χ4n) is 3.67. The molecule has 0 radical (unpaired) electrons. The predicted octanol–water partition coefficient (Wildman–Crippen LogP) is 0.197. The number of urea groups is 1. The van der Waals surface area contributed by atoms with Gasteiger partial charge in [-0.05, 0) is 51.6 Å². The lowest BCUT2D eigenvalue weighted by Gasteiger charge is -2.30. The van der Waals surface area contributed by atoms with Crippen LogP contribution in [0.15, 0.2) is 0 Å². The zero-order chi connectivity index (χ0) is 15.9. The second-order valence-electron chi connectivity index (χ2n) is 7.04. The fourth-order valence-corrected chi connectivity index (χ4v) is 3.67. The molecular formula is C15H25ClN4O3. The number of likely N-dealkylation sites (tertiary alicyclic amines) is 1. The number of rotatable bonds is 2. The van der Waals surface area contributed by atoms with Crippen LogP contribution < -0.4 is 10.6 Å². The number of hydrogen-bond donors (Lipinski definition) is 2. The molecule has 3 rings (SSSR count). The Kier molecular flexibility index (Phi) is 5.20. The normalized spacial score (nSPS) is 29.7. The molecule has 0 bridgehead atoms. The third-order valence-electron chi connectivity index (χ3n) is 5.36. The van der Waals surface area contributed by atoms with Crippen LogP contribution >= 0.6 is 12.4 Å². The highest BCUT2D eigenvalue weighted by molar-refractivity contribution is 6.07. The molecule has 0 unspecified atom stereocenters. The SMILES string of the molecule is CC1(C)C(=O)NC(=O)N1CC(=O)N1CC[C@@H]2CNC[C@@H]2CC1.Cl. The van der Waals surface area contributed by atoms with Gasteiger partial charge in [0.25, 0.3) is 5.91 Å². The molecule has 0 aromatic carbocycles. The Morgan fingerprint density at radius 1 is 1.17 bits per heavy atom. The molecule has 3 aliphatic heterocycles. The third-order valence-corrected chi connectivity index (χ3v) is 5.36. The molecule has 3 saturated heterocycles. The molecule has 2 N–H and O–H groups in total. The predicted molar refractivity (Wildman–Crippen MR) is 87.2 cm³/mol. The van der Waals surface area contributed by atoms with Crippen LogP contribution in [0.2, 0.25) is 0 Å². The Bertz CT molecular complexity index is 497. The molecule has 23 heavy (non-hydrogen) atoms. The number of imide groups is 1. The number of nitrogens with one attached hydrogen (secondary N) is 2. The Morgan fingerprint density at radius 2 is 1.74 bits per heavy atom. The van der Waals surface area contributed by atoms with Crippen LogP contribution in [0.1, 0.15) is 26.7 Å². The summed E-state index contributed by atoms with van der Waals surface area (Å²) in [6.45, 7) is 6.87. The van der Waals surface area contributed by atoms with E-state index < -0.39 is 11.6 Å². The summed E-state index contributed by atoms with van der Waals surface area (Å²) in [5.41, 5.74) is -0.959. The molecule has 0 saturated carbocycles. The summed E-state index contributed by atoms with van der Waals surface area (Å²) in [5.74, 6) is 0.907. The van der Waals surface area contributed by atoms with E-state index >= 15 is 0 Å². The van der Waals surface area contributed by atoms with E-state index in [1.54, 1.807) is 13.8 Å². The smallest absolute Gasteiger partial charge is 0.325 e. The summed E-state index contributed by atoms with van der Waals surface area (Å²) in [4.78, 5) is 39.4. The minimum absolute atomic E-state index is 0. The minimum atomic E-state index is -0.959. The first-order valence-corrected chi connectivity index (χ1v) is 8.01. The molecule has 7 nitrogen and oxygen atoms in total. The van der Waals surface area contributed by atoms with E-state index in [-0.39, 0.29) is 30.8 Å². The molecule has 130 valence electrons. The summed E-state index contributed by atoms with van der Waals surface area (Å²) in [5, 5.41) is 5.69. The van der Waals surface area contributed by atoms with Crippen LogP contribution in [0.25, 0.3) is 0 Å². The molecular weight excluding hydrogens is 320 g/mol. The average molecular weight is 345 g/mol. The van der Waals surface area contributed by atoms with E-state index in [0.29, 0.717) is 11.8 Å². The highest BCUT2D eigenvalue weighted by Gasteiger charge is 2.46. The number of carbonyl (C=O) groups excluding carboxylic acids is 3. The number of halogens is 1. The van der Waals surface area contributed by atoms with Gasteiger partial charge >= 0.3 is 6.03 Å². The van der Waals surface area contributed by atoms with E-state index in [2.05, 4.69) is 10.6 Å². The van der Waals surface area contributed by atoms with E-state index in [1.165, 1.54) is 4.90 Å². The zero-order valence-corrected chi connectivity index (χ0v) is 14.4. The second kappa shape index (κ2) is 6.65. The van der Waals surface area contributed by atoms with Gasteiger partial charge in [0.15, 0.2) is 0 Å². The van der Waals surface area contributed by atoms with Crippen molar-refractivity contribution in [3.63, 3.8) is 0 Å². The van der Waals surface area contributed by atoms with E-state index in [4.69, 9.17) is 0 Å². The maximum atomic E-state index is 12.5. The fraction of sp³-hybridized carbons (Fsp3) is 0.800. The molecule has 0 aromatic rings. The minimum Gasteiger partial charge on any atom is -0.341 e. The topological polar surface area (TPSA) is 81.8 Å². The molecule has 8 heteroatoms. The summed E-state index contributed by atoms with van der Waals surface area (Å²) in [7, 11) is 0. The van der Waals surface area contributed by atoms with Gasteiger partial charge in [0.2, 0.25) is 5.91 Å². The van der Waals surface area contributed by atoms with Gasteiger partial charge in [-0.15, -0.1) is 12.4 Å². The van der Waals surface area contributed by atoms with Crippen molar-refractivity contribution in [2.24, 2.45) is 11.8 Å². The van der Waals surface area contributed by atoms with Gasteiger partial charge in [-0.1, -0.05) is 0 Å². The van der Waals surface area contributed by atoms with Crippen molar-refractivity contribution in [1.29, 1.82) is 0 Å². The van der Waals surface area contributed by atoms with Gasteiger partial charge in [0.1, 0.15) is 12.1 Å². The van der Waals surface area contributed by atoms with Crippen LogP contribution in [0.4, 0.5) is 4.79 Å². The van der Waals surface area contributed by atoms with Crippen molar-refractivity contribution < 1.29 is 14.4 Å². The highest BCUT2D eigenvalue weighted by Crippen LogP contribution is 2.27. The first kappa shape index (κ1) is 18.0. The molecule has 2 atom stereocenters. The van der Waals surface area contributed by atoms with Gasteiger partial charge < -0.3 is 15.1 Å². The Hall–Kier alpha value is -1.34. The van der Waals surface area contributed by atoms with E-state index in [1.807, 2.05) is 4.90 Å². The molecule has 3 fully saturated rings. The number of fused-ring (bicyclic) bond motifs is 1. The van der Waals surface area contributed by atoms with Crippen molar-refractivity contribution in [3.05, 3.63) is 0 Å². The van der Waals surface area contributed by atoms with Gasteiger partial charge in [-0.3, -0.25) is 14.9 Å². The molecule has 0 spiro atoms. The van der Waals surface area contributed by atoms with E-state index in [9.17, 15) is 14.4 Å². The third kappa shape index (κ3) is 3.30. The van der Waals surface area contributed by atoms with Crippen molar-refractivity contribution in [2.45, 2.75) is 32.2 Å². The lowest BCUT2D eigenvalue weighted by molar-refractivity contribution is -0.133. The van der Waals surface area contributed by atoms with Crippen molar-refractivity contribution in [3.8, 4) is 0 Å². The van der Waals surface area contributed by atoms with Crippen LogP contribution in [0, 0.1) is 11.8 Å². The molecule has 3 aliphatic rings. The summed E-state index contributed by atoms with van der Waals surface area (Å²) >= 11 is 0. The summed E-state index contributed by atoms with van der Waals surface area (Å²) < 4.78 is 0. The lowest BCUT2D eigenvalue weighted by atomic mass is 9.92. The number of carbonyl (C=O) groups is 3. The van der Waals surface area contributed by atoms with Crippen molar-refractivity contribution in [1.82, 2.24) is 20.4 Å². The first-order chi connectivity index (χ1) is 10.4. The standard InChI is InChI=1S/C15H24N4O3.ClH/c1-15(2)13(21)17-14(22)19(15)9-12(20)18-5-3-10-7-16-8-11(10)4-6-18;/h10-11,16H,3-9H2,1-2H3,(H,17,21,22);1H/t10-,11+;. The van der Waals surface area contributed by atoms with Crippen LogP contribution in [0.3, 0.4) is 0 Å². The molecule has 0 aromatic heterocycles. The lowest BCUT2D eigenvalue weighted by Crippen LogP contribution is -2.50. The van der Waals surface area contributed by atoms with Gasteiger partial charge in [-0.25, -0.2) is 4.79 Å². The van der Waals surface area contributed by atoms with E-state index in [0.717, 1.165) is 39.0 Å². The van der Waals surface area contributed by atoms with Crippen molar-refractivity contribution >= 4 is 30.3 Å². The zero-order valence-electron chi connectivity index (χ0n) is 13.6. The monoisotopic (exact) mass is 344 g/mol.